The van der Waals surface area contributed by atoms with Crippen molar-refractivity contribution in [2.24, 2.45) is 17.3 Å². The summed E-state index contributed by atoms with van der Waals surface area (Å²) < 4.78 is 0. The lowest BCUT2D eigenvalue weighted by molar-refractivity contribution is 0.233. The minimum absolute atomic E-state index is 0.524. The predicted molar refractivity (Wildman–Crippen MR) is 60.8 cm³/mol. The molecule has 0 aliphatic carbocycles. The highest BCUT2D eigenvalue weighted by Crippen LogP contribution is 2.32. The van der Waals surface area contributed by atoms with Gasteiger partial charge < -0.3 is 0 Å². The minimum atomic E-state index is 0.524. The summed E-state index contributed by atoms with van der Waals surface area (Å²) in [5.41, 5.74) is 0.524. The first kappa shape index (κ1) is 12.5. The standard InChI is InChI=1S/C11H23Br/c1-6-11(4,5)7-9(2)10(3)8-12/h9-10H,6-8H2,1-5H3. The maximum absolute atomic E-state index is 3.54. The van der Waals surface area contributed by atoms with Gasteiger partial charge in [0.25, 0.3) is 0 Å². The molecule has 0 radical (unpaired) electrons. The molecule has 0 aromatic rings. The molecule has 0 aliphatic rings. The van der Waals surface area contributed by atoms with Gasteiger partial charge in [-0.3, -0.25) is 0 Å². The van der Waals surface area contributed by atoms with Crippen LogP contribution in [-0.4, -0.2) is 5.33 Å². The van der Waals surface area contributed by atoms with Crippen LogP contribution >= 0.6 is 15.9 Å². The Morgan fingerprint density at radius 3 is 2.00 bits per heavy atom. The van der Waals surface area contributed by atoms with Gasteiger partial charge in [-0.15, -0.1) is 0 Å². The summed E-state index contributed by atoms with van der Waals surface area (Å²) in [7, 11) is 0. The smallest absolute Gasteiger partial charge is 0.00595 e. The monoisotopic (exact) mass is 234 g/mol. The van der Waals surface area contributed by atoms with Gasteiger partial charge in [0, 0.05) is 5.33 Å². The Morgan fingerprint density at radius 2 is 1.67 bits per heavy atom. The Morgan fingerprint density at radius 1 is 1.17 bits per heavy atom. The molecule has 0 heterocycles. The van der Waals surface area contributed by atoms with Crippen molar-refractivity contribution >= 4 is 15.9 Å². The normalized spacial score (nSPS) is 17.5. The summed E-state index contributed by atoms with van der Waals surface area (Å²) in [6.45, 7) is 11.7. The van der Waals surface area contributed by atoms with Crippen molar-refractivity contribution in [3.8, 4) is 0 Å². The molecular formula is C11H23Br. The third-order valence-corrected chi connectivity index (χ3v) is 4.07. The van der Waals surface area contributed by atoms with Crippen molar-refractivity contribution < 1.29 is 0 Å². The third-order valence-electron chi connectivity index (χ3n) is 3.05. The topological polar surface area (TPSA) is 0 Å². The van der Waals surface area contributed by atoms with E-state index >= 15 is 0 Å². The molecular weight excluding hydrogens is 212 g/mol. The van der Waals surface area contributed by atoms with Crippen LogP contribution in [0.4, 0.5) is 0 Å². The first-order chi connectivity index (χ1) is 5.43. The van der Waals surface area contributed by atoms with Crippen molar-refractivity contribution in [1.82, 2.24) is 0 Å². The van der Waals surface area contributed by atoms with Gasteiger partial charge in [-0.1, -0.05) is 57.0 Å². The van der Waals surface area contributed by atoms with Gasteiger partial charge in [-0.05, 0) is 23.7 Å². The molecule has 74 valence electrons. The van der Waals surface area contributed by atoms with E-state index in [1.807, 2.05) is 0 Å². The van der Waals surface area contributed by atoms with Crippen LogP contribution in [0.1, 0.15) is 47.5 Å². The van der Waals surface area contributed by atoms with Gasteiger partial charge in [-0.25, -0.2) is 0 Å². The van der Waals surface area contributed by atoms with Crippen LogP contribution in [0, 0.1) is 17.3 Å². The van der Waals surface area contributed by atoms with Crippen molar-refractivity contribution in [3.63, 3.8) is 0 Å². The predicted octanol–water partition coefficient (Wildman–Crippen LogP) is 4.48. The van der Waals surface area contributed by atoms with Gasteiger partial charge in [0.05, 0.1) is 0 Å². The van der Waals surface area contributed by atoms with E-state index in [1.165, 1.54) is 12.8 Å². The second-order valence-corrected chi connectivity index (χ2v) is 5.48. The molecule has 0 aromatic carbocycles. The van der Waals surface area contributed by atoms with Gasteiger partial charge in [0.15, 0.2) is 0 Å². The first-order valence-corrected chi connectivity index (χ1v) is 6.11. The summed E-state index contributed by atoms with van der Waals surface area (Å²) in [5, 5.41) is 1.13. The fourth-order valence-electron chi connectivity index (χ4n) is 1.37. The molecule has 2 unspecified atom stereocenters. The second-order valence-electron chi connectivity index (χ2n) is 4.83. The zero-order chi connectivity index (χ0) is 9.78. The molecule has 0 fully saturated rings. The number of halogens is 1. The molecule has 0 spiro atoms. The molecule has 1 heteroatoms. The van der Waals surface area contributed by atoms with E-state index in [2.05, 4.69) is 50.5 Å². The van der Waals surface area contributed by atoms with Crippen molar-refractivity contribution in [2.45, 2.75) is 47.5 Å². The largest absolute Gasteiger partial charge is 0.0925 e. The maximum Gasteiger partial charge on any atom is 0.00595 e. The lowest BCUT2D eigenvalue weighted by atomic mass is 9.78. The Hall–Kier alpha value is 0.480. The summed E-state index contributed by atoms with van der Waals surface area (Å²) in [6, 6.07) is 0. The summed E-state index contributed by atoms with van der Waals surface area (Å²) in [5.74, 6) is 1.63. The first-order valence-electron chi connectivity index (χ1n) is 4.99. The molecule has 0 amide bonds. The molecule has 12 heavy (non-hydrogen) atoms. The Labute approximate surface area is 86.3 Å². The van der Waals surface area contributed by atoms with E-state index in [9.17, 15) is 0 Å². The Balaban J connectivity index is 3.90. The van der Waals surface area contributed by atoms with E-state index in [1.54, 1.807) is 0 Å². The van der Waals surface area contributed by atoms with E-state index in [0.29, 0.717) is 5.41 Å². The third kappa shape index (κ3) is 4.49. The van der Waals surface area contributed by atoms with Gasteiger partial charge in [-0.2, -0.15) is 0 Å². The molecule has 0 saturated carbocycles. The summed E-state index contributed by atoms with van der Waals surface area (Å²) >= 11 is 3.54. The molecule has 2 atom stereocenters. The van der Waals surface area contributed by atoms with Crippen molar-refractivity contribution in [3.05, 3.63) is 0 Å². The van der Waals surface area contributed by atoms with E-state index < -0.39 is 0 Å². The van der Waals surface area contributed by atoms with Crippen molar-refractivity contribution in [2.75, 3.05) is 5.33 Å². The molecule has 0 N–H and O–H groups in total. The number of rotatable bonds is 5. The summed E-state index contributed by atoms with van der Waals surface area (Å²) in [6.07, 6.45) is 2.63. The SMILES string of the molecule is CCC(C)(C)CC(C)C(C)CBr. The Bertz CT molecular complexity index is 118. The molecule has 0 rings (SSSR count). The maximum atomic E-state index is 3.54. The van der Waals surface area contributed by atoms with E-state index in [4.69, 9.17) is 0 Å². The minimum Gasteiger partial charge on any atom is -0.0925 e. The van der Waals surface area contributed by atoms with Crippen LogP contribution in [0.5, 0.6) is 0 Å². The van der Waals surface area contributed by atoms with E-state index in [0.717, 1.165) is 17.2 Å². The lowest BCUT2D eigenvalue weighted by Gasteiger charge is -2.29. The van der Waals surface area contributed by atoms with Crippen LogP contribution in [0.3, 0.4) is 0 Å². The zero-order valence-electron chi connectivity index (χ0n) is 9.15. The molecule has 0 aliphatic heterocycles. The number of hydrogen-bond acceptors (Lipinski definition) is 0. The molecule has 0 bridgehead atoms. The zero-order valence-corrected chi connectivity index (χ0v) is 10.7. The van der Waals surface area contributed by atoms with Crippen LogP contribution in [0.25, 0.3) is 0 Å². The quantitative estimate of drug-likeness (QED) is 0.616. The second kappa shape index (κ2) is 5.26. The van der Waals surface area contributed by atoms with Crippen LogP contribution < -0.4 is 0 Å². The van der Waals surface area contributed by atoms with Crippen molar-refractivity contribution in [1.29, 1.82) is 0 Å². The fourth-order valence-corrected chi connectivity index (χ4v) is 2.01. The number of alkyl halides is 1. The highest BCUT2D eigenvalue weighted by molar-refractivity contribution is 9.09. The summed E-state index contributed by atoms with van der Waals surface area (Å²) in [4.78, 5) is 0. The average molecular weight is 235 g/mol. The van der Waals surface area contributed by atoms with Crippen LogP contribution in [0.2, 0.25) is 0 Å². The van der Waals surface area contributed by atoms with Crippen LogP contribution in [0.15, 0.2) is 0 Å². The van der Waals surface area contributed by atoms with Crippen LogP contribution in [-0.2, 0) is 0 Å². The lowest BCUT2D eigenvalue weighted by Crippen LogP contribution is -2.19. The van der Waals surface area contributed by atoms with E-state index in [-0.39, 0.29) is 0 Å². The van der Waals surface area contributed by atoms with Gasteiger partial charge >= 0.3 is 0 Å². The Kier molecular flexibility index (Phi) is 5.47. The fraction of sp³-hybridized carbons (Fsp3) is 1.00. The van der Waals surface area contributed by atoms with Gasteiger partial charge in [0.2, 0.25) is 0 Å². The van der Waals surface area contributed by atoms with Gasteiger partial charge in [0.1, 0.15) is 0 Å². The number of hydrogen-bond donors (Lipinski definition) is 0. The highest BCUT2D eigenvalue weighted by Gasteiger charge is 2.21. The molecule has 0 nitrogen and oxygen atoms in total. The molecule has 0 aromatic heterocycles. The highest BCUT2D eigenvalue weighted by atomic mass is 79.9. The molecule has 0 saturated heterocycles. The average Bonchev–Trinajstić information content (AvgIpc) is 2.02.